The highest BCUT2D eigenvalue weighted by molar-refractivity contribution is 6.31. The second kappa shape index (κ2) is 6.53. The van der Waals surface area contributed by atoms with E-state index in [2.05, 4.69) is 15.5 Å². The van der Waals surface area contributed by atoms with Gasteiger partial charge in [-0.05, 0) is 30.3 Å². The quantitative estimate of drug-likeness (QED) is 0.715. The molecule has 0 bridgehead atoms. The number of nitrogens with one attached hydrogen (secondary N) is 1. The maximum atomic E-state index is 11.8. The van der Waals surface area contributed by atoms with Gasteiger partial charge < -0.3 is 19.0 Å². The average molecular weight is 334 g/mol. The molecule has 0 atom stereocenters. The fourth-order valence-electron chi connectivity index (χ4n) is 1.95. The molecule has 0 saturated heterocycles. The summed E-state index contributed by atoms with van der Waals surface area (Å²) >= 11 is 5.91. The molecule has 23 heavy (non-hydrogen) atoms. The average Bonchev–Trinajstić information content (AvgIpc) is 3.23. The van der Waals surface area contributed by atoms with Crippen molar-refractivity contribution < 1.29 is 18.5 Å². The van der Waals surface area contributed by atoms with Gasteiger partial charge in [-0.25, -0.2) is 4.79 Å². The molecule has 2 aromatic heterocycles. The molecule has 2 heterocycles. The van der Waals surface area contributed by atoms with Crippen molar-refractivity contribution >= 4 is 23.3 Å². The summed E-state index contributed by atoms with van der Waals surface area (Å²) in [5.74, 6) is 0.733. The molecule has 1 aromatic carbocycles. The van der Waals surface area contributed by atoms with Crippen molar-refractivity contribution in [3.63, 3.8) is 0 Å². The number of anilines is 1. The summed E-state index contributed by atoms with van der Waals surface area (Å²) in [7, 11) is 1.31. The van der Waals surface area contributed by atoms with Crippen molar-refractivity contribution in [3.8, 4) is 11.6 Å². The van der Waals surface area contributed by atoms with Crippen LogP contribution in [0.15, 0.2) is 45.5 Å². The number of carbonyl (C=O) groups excluding carboxylic acids is 1. The molecule has 0 spiro atoms. The number of nitrogens with zero attached hydrogens (tertiary/aromatic N) is 2. The van der Waals surface area contributed by atoms with Gasteiger partial charge in [-0.15, -0.1) is 0 Å². The monoisotopic (exact) mass is 333 g/mol. The number of esters is 1. The molecule has 0 radical (unpaired) electrons. The first-order valence-corrected chi connectivity index (χ1v) is 7.03. The zero-order valence-corrected chi connectivity index (χ0v) is 12.8. The molecular formula is C15H12ClN3O4. The van der Waals surface area contributed by atoms with Crippen LogP contribution in [0.25, 0.3) is 11.6 Å². The predicted octanol–water partition coefficient (Wildman–Crippen LogP) is 3.38. The predicted molar refractivity (Wildman–Crippen MR) is 82.1 cm³/mol. The number of ether oxygens (including phenoxy) is 1. The Morgan fingerprint density at radius 2 is 2.26 bits per heavy atom. The second-order valence-corrected chi connectivity index (χ2v) is 4.96. The minimum atomic E-state index is -0.489. The smallest absolute Gasteiger partial charge is 0.340 e. The van der Waals surface area contributed by atoms with Gasteiger partial charge in [0.25, 0.3) is 0 Å². The largest absolute Gasteiger partial charge is 0.465 e. The number of halogens is 1. The third-order valence-corrected chi connectivity index (χ3v) is 3.26. The number of rotatable bonds is 5. The van der Waals surface area contributed by atoms with Crippen LogP contribution >= 0.6 is 11.6 Å². The molecule has 118 valence electrons. The number of hydrogen-bond donors (Lipinski definition) is 1. The van der Waals surface area contributed by atoms with E-state index in [0.29, 0.717) is 33.7 Å². The summed E-state index contributed by atoms with van der Waals surface area (Å²) in [6.07, 6.45) is 1.53. The van der Waals surface area contributed by atoms with Crippen molar-refractivity contribution in [3.05, 3.63) is 53.1 Å². The maximum absolute atomic E-state index is 11.8. The topological polar surface area (TPSA) is 90.4 Å². The van der Waals surface area contributed by atoms with Crippen molar-refractivity contribution in [1.29, 1.82) is 0 Å². The lowest BCUT2D eigenvalue weighted by atomic mass is 10.2. The van der Waals surface area contributed by atoms with Crippen LogP contribution in [0.5, 0.6) is 0 Å². The van der Waals surface area contributed by atoms with E-state index in [9.17, 15) is 4.79 Å². The number of aromatic nitrogens is 2. The number of benzene rings is 1. The fraction of sp³-hybridized carbons (Fsp3) is 0.133. The molecule has 7 nitrogen and oxygen atoms in total. The molecule has 0 aliphatic heterocycles. The van der Waals surface area contributed by atoms with E-state index in [0.717, 1.165) is 0 Å². The lowest BCUT2D eigenvalue weighted by molar-refractivity contribution is 0.0602. The molecule has 0 fully saturated rings. The Hall–Kier alpha value is -2.80. The minimum absolute atomic E-state index is 0.235. The van der Waals surface area contributed by atoms with E-state index in [-0.39, 0.29) is 6.54 Å². The van der Waals surface area contributed by atoms with E-state index in [1.165, 1.54) is 19.4 Å². The SMILES string of the molecule is COC(=O)c1cc(Cl)ccc1NCc1nc(-c2ccco2)no1. The third kappa shape index (κ3) is 3.35. The van der Waals surface area contributed by atoms with Crippen molar-refractivity contribution in [2.45, 2.75) is 6.54 Å². The van der Waals surface area contributed by atoms with Crippen LogP contribution in [0.1, 0.15) is 16.2 Å². The van der Waals surface area contributed by atoms with Crippen LogP contribution in [0.2, 0.25) is 5.02 Å². The van der Waals surface area contributed by atoms with E-state index < -0.39 is 5.97 Å². The number of methoxy groups -OCH3 is 1. The molecule has 0 unspecified atom stereocenters. The molecule has 0 aliphatic carbocycles. The maximum Gasteiger partial charge on any atom is 0.340 e. The molecule has 0 amide bonds. The summed E-state index contributed by atoms with van der Waals surface area (Å²) in [5, 5.41) is 7.31. The highest BCUT2D eigenvalue weighted by Gasteiger charge is 2.14. The fourth-order valence-corrected chi connectivity index (χ4v) is 2.12. The van der Waals surface area contributed by atoms with Gasteiger partial charge in [0.2, 0.25) is 11.7 Å². The first-order valence-electron chi connectivity index (χ1n) is 6.65. The van der Waals surface area contributed by atoms with Crippen LogP contribution in [0.3, 0.4) is 0 Å². The van der Waals surface area contributed by atoms with E-state index in [1.807, 2.05) is 0 Å². The summed E-state index contributed by atoms with van der Waals surface area (Å²) in [6, 6.07) is 8.34. The third-order valence-electron chi connectivity index (χ3n) is 3.03. The summed E-state index contributed by atoms with van der Waals surface area (Å²) in [5.41, 5.74) is 0.879. The van der Waals surface area contributed by atoms with Gasteiger partial charge in [-0.3, -0.25) is 0 Å². The van der Waals surface area contributed by atoms with Gasteiger partial charge in [-0.1, -0.05) is 16.8 Å². The van der Waals surface area contributed by atoms with Crippen molar-refractivity contribution in [1.82, 2.24) is 10.1 Å². The zero-order valence-electron chi connectivity index (χ0n) is 12.1. The van der Waals surface area contributed by atoms with Crippen LogP contribution in [0.4, 0.5) is 5.69 Å². The highest BCUT2D eigenvalue weighted by atomic mass is 35.5. The van der Waals surface area contributed by atoms with Gasteiger partial charge in [0.05, 0.1) is 25.5 Å². The van der Waals surface area contributed by atoms with E-state index in [1.54, 1.807) is 24.3 Å². The zero-order chi connectivity index (χ0) is 16.2. The Kier molecular flexibility index (Phi) is 4.29. The first kappa shape index (κ1) is 15.1. The summed E-state index contributed by atoms with van der Waals surface area (Å²) < 4.78 is 15.1. The van der Waals surface area contributed by atoms with Gasteiger partial charge in [-0.2, -0.15) is 4.98 Å². The van der Waals surface area contributed by atoms with Gasteiger partial charge >= 0.3 is 5.97 Å². The number of carbonyl (C=O) groups is 1. The molecule has 3 aromatic rings. The minimum Gasteiger partial charge on any atom is -0.465 e. The Balaban J connectivity index is 1.75. The Morgan fingerprint density at radius 3 is 3.00 bits per heavy atom. The molecule has 0 aliphatic rings. The highest BCUT2D eigenvalue weighted by Crippen LogP contribution is 2.22. The molecule has 1 N–H and O–H groups in total. The Labute approximate surface area is 136 Å². The standard InChI is InChI=1S/C15H12ClN3O4/c1-21-15(20)10-7-9(16)4-5-11(10)17-8-13-18-14(19-23-13)12-3-2-6-22-12/h2-7,17H,8H2,1H3. The molecule has 3 rings (SSSR count). The van der Waals surface area contributed by atoms with E-state index in [4.69, 9.17) is 25.3 Å². The van der Waals surface area contributed by atoms with E-state index >= 15 is 0 Å². The Morgan fingerprint density at radius 1 is 1.39 bits per heavy atom. The van der Waals surface area contributed by atoms with Crippen LogP contribution in [-0.4, -0.2) is 23.2 Å². The van der Waals surface area contributed by atoms with Crippen molar-refractivity contribution in [2.75, 3.05) is 12.4 Å². The van der Waals surface area contributed by atoms with Crippen LogP contribution in [-0.2, 0) is 11.3 Å². The van der Waals surface area contributed by atoms with Crippen LogP contribution in [0, 0.1) is 0 Å². The van der Waals surface area contributed by atoms with Crippen molar-refractivity contribution in [2.24, 2.45) is 0 Å². The van der Waals surface area contributed by atoms with Gasteiger partial charge in [0.1, 0.15) is 0 Å². The van der Waals surface area contributed by atoms with Gasteiger partial charge in [0.15, 0.2) is 5.76 Å². The lowest BCUT2D eigenvalue weighted by Gasteiger charge is -2.09. The summed E-state index contributed by atoms with van der Waals surface area (Å²) in [4.78, 5) is 16.0. The lowest BCUT2D eigenvalue weighted by Crippen LogP contribution is -2.08. The summed E-state index contributed by atoms with van der Waals surface area (Å²) in [6.45, 7) is 0.235. The number of furan rings is 1. The molecular weight excluding hydrogens is 322 g/mol. The normalized spacial score (nSPS) is 10.5. The molecule has 0 saturated carbocycles. The number of hydrogen-bond acceptors (Lipinski definition) is 7. The van der Waals surface area contributed by atoms with Gasteiger partial charge in [0, 0.05) is 10.7 Å². The molecule has 8 heteroatoms. The first-order chi connectivity index (χ1) is 11.2. The Bertz CT molecular complexity index is 814. The second-order valence-electron chi connectivity index (χ2n) is 4.52. The van der Waals surface area contributed by atoms with Crippen LogP contribution < -0.4 is 5.32 Å².